The van der Waals surface area contributed by atoms with Crippen LogP contribution in [-0.4, -0.2) is 40.3 Å². The topological polar surface area (TPSA) is 106 Å². The van der Waals surface area contributed by atoms with Crippen molar-refractivity contribution in [3.8, 4) is 11.4 Å². The summed E-state index contributed by atoms with van der Waals surface area (Å²) in [6.45, 7) is 1.23. The van der Waals surface area contributed by atoms with Crippen molar-refractivity contribution in [1.82, 2.24) is 15.2 Å². The Labute approximate surface area is 121 Å². The van der Waals surface area contributed by atoms with Crippen molar-refractivity contribution in [2.45, 2.75) is 12.5 Å². The molecule has 0 spiro atoms. The summed E-state index contributed by atoms with van der Waals surface area (Å²) in [4.78, 5) is 16.2. The van der Waals surface area contributed by atoms with Crippen LogP contribution in [0.2, 0.25) is 0 Å². The van der Waals surface area contributed by atoms with Crippen molar-refractivity contribution in [2.75, 3.05) is 18.5 Å². The number of aromatic nitrogens is 3. The Balaban J connectivity index is 1.63. The monoisotopic (exact) mass is 287 g/mol. The molecule has 0 saturated carbocycles. The van der Waals surface area contributed by atoms with E-state index in [0.29, 0.717) is 24.7 Å². The molecule has 2 atom stereocenters. The molecule has 0 aliphatic carbocycles. The van der Waals surface area contributed by atoms with Crippen LogP contribution in [0.1, 0.15) is 6.42 Å². The van der Waals surface area contributed by atoms with Crippen LogP contribution in [0.4, 0.5) is 5.69 Å². The third kappa shape index (κ3) is 3.09. The summed E-state index contributed by atoms with van der Waals surface area (Å²) in [6, 6.07) is 6.81. The van der Waals surface area contributed by atoms with Gasteiger partial charge in [-0.05, 0) is 30.7 Å². The number of anilines is 1. The van der Waals surface area contributed by atoms with Crippen LogP contribution in [0.25, 0.3) is 11.4 Å². The van der Waals surface area contributed by atoms with Gasteiger partial charge in [-0.15, -0.1) is 0 Å². The zero-order valence-corrected chi connectivity index (χ0v) is 11.5. The average molecular weight is 287 g/mol. The number of benzene rings is 1. The van der Waals surface area contributed by atoms with Gasteiger partial charge in [0, 0.05) is 23.8 Å². The van der Waals surface area contributed by atoms with Crippen molar-refractivity contribution < 1.29 is 9.53 Å². The third-order valence-electron chi connectivity index (χ3n) is 3.62. The van der Waals surface area contributed by atoms with E-state index in [-0.39, 0.29) is 11.8 Å². The Morgan fingerprint density at radius 2 is 2.24 bits per heavy atom. The summed E-state index contributed by atoms with van der Waals surface area (Å²) in [5.41, 5.74) is 7.57. The summed E-state index contributed by atoms with van der Waals surface area (Å²) in [7, 11) is 0. The summed E-state index contributed by atoms with van der Waals surface area (Å²) >= 11 is 0. The molecule has 1 saturated heterocycles. The second kappa shape index (κ2) is 6.02. The first-order valence-electron chi connectivity index (χ1n) is 6.84. The van der Waals surface area contributed by atoms with Crippen LogP contribution in [0.5, 0.6) is 0 Å². The molecule has 110 valence electrons. The van der Waals surface area contributed by atoms with E-state index in [2.05, 4.69) is 20.5 Å². The van der Waals surface area contributed by atoms with E-state index in [1.54, 1.807) is 0 Å². The van der Waals surface area contributed by atoms with Gasteiger partial charge in [0.15, 0.2) is 5.82 Å². The SMILES string of the molecule is NC(C(=O)Nc1ccc(-c2ncn[nH]2)cc1)C1CCOC1. The van der Waals surface area contributed by atoms with Crippen LogP contribution in [0.15, 0.2) is 30.6 Å². The normalized spacial score (nSPS) is 19.4. The van der Waals surface area contributed by atoms with Crippen LogP contribution in [0.3, 0.4) is 0 Å². The van der Waals surface area contributed by atoms with Crippen molar-refractivity contribution in [3.05, 3.63) is 30.6 Å². The molecule has 2 unspecified atom stereocenters. The van der Waals surface area contributed by atoms with Gasteiger partial charge in [0.1, 0.15) is 6.33 Å². The first-order valence-corrected chi connectivity index (χ1v) is 6.84. The van der Waals surface area contributed by atoms with Crippen LogP contribution >= 0.6 is 0 Å². The highest BCUT2D eigenvalue weighted by Crippen LogP contribution is 2.19. The zero-order valence-electron chi connectivity index (χ0n) is 11.5. The van der Waals surface area contributed by atoms with Gasteiger partial charge in [-0.2, -0.15) is 5.10 Å². The van der Waals surface area contributed by atoms with Gasteiger partial charge in [0.2, 0.25) is 5.91 Å². The number of nitrogens with two attached hydrogens (primary N) is 1. The second-order valence-corrected chi connectivity index (χ2v) is 5.05. The standard InChI is InChI=1S/C14H17N5O2/c15-12(10-5-6-21-7-10)14(20)18-11-3-1-9(2-4-11)13-16-8-17-19-13/h1-4,8,10,12H,5-7,15H2,(H,18,20)(H,16,17,19). The summed E-state index contributed by atoms with van der Waals surface area (Å²) in [5.74, 6) is 0.601. The van der Waals surface area contributed by atoms with Crippen LogP contribution in [0, 0.1) is 5.92 Å². The molecule has 1 fully saturated rings. The molecule has 7 heteroatoms. The highest BCUT2D eigenvalue weighted by molar-refractivity contribution is 5.95. The zero-order chi connectivity index (χ0) is 14.7. The maximum atomic E-state index is 12.1. The van der Waals surface area contributed by atoms with Crippen LogP contribution in [-0.2, 0) is 9.53 Å². The molecule has 2 aromatic rings. The minimum Gasteiger partial charge on any atom is -0.381 e. The summed E-state index contributed by atoms with van der Waals surface area (Å²) in [5, 5.41) is 9.41. The molecule has 1 aliphatic heterocycles. The van der Waals surface area contributed by atoms with E-state index in [1.807, 2.05) is 24.3 Å². The highest BCUT2D eigenvalue weighted by Gasteiger charge is 2.28. The van der Waals surface area contributed by atoms with Gasteiger partial charge in [0.05, 0.1) is 12.6 Å². The number of amides is 1. The molecule has 0 bridgehead atoms. The Morgan fingerprint density at radius 3 is 2.86 bits per heavy atom. The second-order valence-electron chi connectivity index (χ2n) is 5.05. The van der Waals surface area contributed by atoms with Crippen molar-refractivity contribution in [2.24, 2.45) is 11.7 Å². The van der Waals surface area contributed by atoms with E-state index in [4.69, 9.17) is 10.5 Å². The Hall–Kier alpha value is -2.25. The largest absolute Gasteiger partial charge is 0.381 e. The number of rotatable bonds is 4. The number of hydrogen-bond acceptors (Lipinski definition) is 5. The Bertz CT molecular complexity index is 590. The van der Waals surface area contributed by atoms with Crippen LogP contribution < -0.4 is 11.1 Å². The maximum absolute atomic E-state index is 12.1. The van der Waals surface area contributed by atoms with Gasteiger partial charge in [-0.25, -0.2) is 4.98 Å². The molecule has 1 aromatic carbocycles. The minimum atomic E-state index is -0.540. The fraction of sp³-hybridized carbons (Fsp3) is 0.357. The molecular weight excluding hydrogens is 270 g/mol. The highest BCUT2D eigenvalue weighted by atomic mass is 16.5. The lowest BCUT2D eigenvalue weighted by Crippen LogP contribution is -2.42. The summed E-state index contributed by atoms with van der Waals surface area (Å²) in [6.07, 6.45) is 2.28. The summed E-state index contributed by atoms with van der Waals surface area (Å²) < 4.78 is 5.26. The van der Waals surface area contributed by atoms with E-state index in [9.17, 15) is 4.79 Å². The van der Waals surface area contributed by atoms with E-state index in [1.165, 1.54) is 6.33 Å². The van der Waals surface area contributed by atoms with Gasteiger partial charge < -0.3 is 15.8 Å². The van der Waals surface area contributed by atoms with Gasteiger partial charge >= 0.3 is 0 Å². The van der Waals surface area contributed by atoms with E-state index >= 15 is 0 Å². The number of hydrogen-bond donors (Lipinski definition) is 3. The molecule has 21 heavy (non-hydrogen) atoms. The minimum absolute atomic E-state index is 0.0958. The first-order chi connectivity index (χ1) is 10.2. The number of carbonyl (C=O) groups excluding carboxylic acids is 1. The maximum Gasteiger partial charge on any atom is 0.241 e. The molecular formula is C14H17N5O2. The molecule has 1 aliphatic rings. The predicted molar refractivity (Wildman–Crippen MR) is 77.3 cm³/mol. The molecule has 3 rings (SSSR count). The smallest absolute Gasteiger partial charge is 0.241 e. The van der Waals surface area contributed by atoms with Crippen molar-refractivity contribution >= 4 is 11.6 Å². The number of carbonyl (C=O) groups is 1. The van der Waals surface area contributed by atoms with E-state index < -0.39 is 6.04 Å². The molecule has 7 nitrogen and oxygen atoms in total. The Kier molecular flexibility index (Phi) is 3.94. The quantitative estimate of drug-likeness (QED) is 0.770. The van der Waals surface area contributed by atoms with Crippen molar-refractivity contribution in [3.63, 3.8) is 0 Å². The first kappa shape index (κ1) is 13.7. The lowest BCUT2D eigenvalue weighted by atomic mass is 9.99. The molecule has 1 amide bonds. The number of ether oxygens (including phenoxy) is 1. The van der Waals surface area contributed by atoms with Gasteiger partial charge in [0.25, 0.3) is 0 Å². The number of nitrogens with zero attached hydrogens (tertiary/aromatic N) is 2. The number of aromatic amines is 1. The van der Waals surface area contributed by atoms with Gasteiger partial charge in [-0.1, -0.05) is 0 Å². The fourth-order valence-electron chi connectivity index (χ4n) is 2.33. The van der Waals surface area contributed by atoms with E-state index in [0.717, 1.165) is 12.0 Å². The Morgan fingerprint density at radius 1 is 1.43 bits per heavy atom. The number of nitrogens with one attached hydrogen (secondary N) is 2. The van der Waals surface area contributed by atoms with Gasteiger partial charge in [-0.3, -0.25) is 9.89 Å². The molecule has 0 radical (unpaired) electrons. The number of H-pyrrole nitrogens is 1. The lowest BCUT2D eigenvalue weighted by Gasteiger charge is -2.17. The molecule has 4 N–H and O–H groups in total. The lowest BCUT2D eigenvalue weighted by molar-refractivity contribution is -0.118. The van der Waals surface area contributed by atoms with Crippen molar-refractivity contribution in [1.29, 1.82) is 0 Å². The molecule has 1 aromatic heterocycles. The average Bonchev–Trinajstić information content (AvgIpc) is 3.20. The molecule has 2 heterocycles. The third-order valence-corrected chi connectivity index (χ3v) is 3.62. The predicted octanol–water partition coefficient (Wildman–Crippen LogP) is 0.774. The fourth-order valence-corrected chi connectivity index (χ4v) is 2.33.